The van der Waals surface area contributed by atoms with Crippen LogP contribution in [0.25, 0.3) is 10.4 Å². The van der Waals surface area contributed by atoms with Crippen LogP contribution in [0.5, 0.6) is 0 Å². The smallest absolute Gasteiger partial charge is 0.239 e. The van der Waals surface area contributed by atoms with Gasteiger partial charge >= 0.3 is 0 Å². The van der Waals surface area contributed by atoms with Crippen LogP contribution < -0.4 is 11.1 Å². The fraction of sp³-hybridized carbons (Fsp3) is 0.917. The molecule has 19 heavy (non-hydrogen) atoms. The number of carbonyl (C=O) groups is 1. The van der Waals surface area contributed by atoms with Gasteiger partial charge in [0.1, 0.15) is 5.54 Å². The Morgan fingerprint density at radius 2 is 2.37 bits per heavy atom. The van der Waals surface area contributed by atoms with E-state index in [0.717, 1.165) is 12.8 Å². The predicted octanol–water partition coefficient (Wildman–Crippen LogP) is 0.757. The summed E-state index contributed by atoms with van der Waals surface area (Å²) in [4.78, 5) is 16.9. The van der Waals surface area contributed by atoms with Gasteiger partial charge in [-0.2, -0.15) is 0 Å². The number of likely N-dealkylation sites (tertiary alicyclic amines) is 1. The van der Waals surface area contributed by atoms with Crippen LogP contribution >= 0.6 is 0 Å². The van der Waals surface area contributed by atoms with Crippen molar-refractivity contribution < 1.29 is 4.79 Å². The number of primary amides is 1. The maximum atomic E-state index is 11.8. The summed E-state index contributed by atoms with van der Waals surface area (Å²) >= 11 is 0. The van der Waals surface area contributed by atoms with Gasteiger partial charge < -0.3 is 11.1 Å². The minimum absolute atomic E-state index is 0.272. The molecule has 7 nitrogen and oxygen atoms in total. The van der Waals surface area contributed by atoms with Crippen LogP contribution in [0.2, 0.25) is 0 Å². The standard InChI is InChI=1S/C12H22N6O/c1-9-7-12(11(13)19,8-18(9)10-3-4-10)15-5-2-6-16-17-14/h9-10,15H,2-8H2,1H3,(H2,13,19). The number of rotatable bonds is 7. The lowest BCUT2D eigenvalue weighted by Crippen LogP contribution is -2.57. The highest BCUT2D eigenvalue weighted by atomic mass is 16.1. The number of nitrogens with zero attached hydrogens (tertiary/aromatic N) is 4. The fourth-order valence-electron chi connectivity index (χ4n) is 2.96. The van der Waals surface area contributed by atoms with Gasteiger partial charge in [0.15, 0.2) is 0 Å². The third-order valence-corrected chi connectivity index (χ3v) is 4.11. The minimum atomic E-state index is -0.613. The van der Waals surface area contributed by atoms with Gasteiger partial charge in [-0.1, -0.05) is 5.11 Å². The van der Waals surface area contributed by atoms with E-state index < -0.39 is 5.54 Å². The fourth-order valence-corrected chi connectivity index (χ4v) is 2.96. The first-order valence-corrected chi connectivity index (χ1v) is 6.90. The summed E-state index contributed by atoms with van der Waals surface area (Å²) in [6, 6.07) is 1.03. The molecule has 0 aromatic rings. The number of azide groups is 1. The third-order valence-electron chi connectivity index (χ3n) is 4.11. The topological polar surface area (TPSA) is 107 Å². The summed E-state index contributed by atoms with van der Waals surface area (Å²) in [5.41, 5.74) is 13.2. The summed E-state index contributed by atoms with van der Waals surface area (Å²) in [5, 5.41) is 6.78. The van der Waals surface area contributed by atoms with Crippen LogP contribution in [0.1, 0.15) is 32.6 Å². The summed E-state index contributed by atoms with van der Waals surface area (Å²) in [5.74, 6) is -0.272. The second kappa shape index (κ2) is 5.77. The van der Waals surface area contributed by atoms with Gasteiger partial charge in [0.2, 0.25) is 5.91 Å². The molecule has 1 heterocycles. The minimum Gasteiger partial charge on any atom is -0.368 e. The van der Waals surface area contributed by atoms with Crippen molar-refractivity contribution >= 4 is 5.91 Å². The molecule has 2 fully saturated rings. The molecule has 7 heteroatoms. The molecule has 0 aromatic carbocycles. The van der Waals surface area contributed by atoms with Gasteiger partial charge in [0.05, 0.1) is 0 Å². The Morgan fingerprint density at radius 3 is 2.95 bits per heavy atom. The van der Waals surface area contributed by atoms with Crippen molar-refractivity contribution in [3.8, 4) is 0 Å². The van der Waals surface area contributed by atoms with Crippen molar-refractivity contribution in [2.24, 2.45) is 10.8 Å². The molecular weight excluding hydrogens is 244 g/mol. The molecule has 2 rings (SSSR count). The molecule has 2 atom stereocenters. The molecule has 1 aliphatic carbocycles. The summed E-state index contributed by atoms with van der Waals surface area (Å²) < 4.78 is 0. The van der Waals surface area contributed by atoms with Crippen molar-refractivity contribution in [2.45, 2.75) is 50.2 Å². The second-order valence-corrected chi connectivity index (χ2v) is 5.64. The Labute approximate surface area is 113 Å². The summed E-state index contributed by atoms with van der Waals surface area (Å²) in [6.45, 7) is 3.95. The molecule has 106 valence electrons. The third kappa shape index (κ3) is 3.18. The first-order chi connectivity index (χ1) is 9.09. The van der Waals surface area contributed by atoms with Crippen LogP contribution in [0.3, 0.4) is 0 Å². The lowest BCUT2D eigenvalue weighted by Gasteiger charge is -2.27. The molecular formula is C12H22N6O. The number of amides is 1. The van der Waals surface area contributed by atoms with E-state index in [2.05, 4.69) is 27.2 Å². The second-order valence-electron chi connectivity index (χ2n) is 5.64. The number of nitrogens with one attached hydrogen (secondary N) is 1. The average Bonchev–Trinajstić information content (AvgIpc) is 3.14. The van der Waals surface area contributed by atoms with Crippen molar-refractivity contribution in [3.63, 3.8) is 0 Å². The molecule has 2 aliphatic rings. The highest BCUT2D eigenvalue weighted by Gasteiger charge is 2.49. The van der Waals surface area contributed by atoms with Gasteiger partial charge in [-0.25, -0.2) is 0 Å². The van der Waals surface area contributed by atoms with Crippen molar-refractivity contribution in [1.82, 2.24) is 10.2 Å². The SMILES string of the molecule is CC1CC(NCCCN=[N+]=[N-])(C(N)=O)CN1C1CC1. The quantitative estimate of drug-likeness (QED) is 0.307. The van der Waals surface area contributed by atoms with Gasteiger partial charge in [-0.3, -0.25) is 9.69 Å². The number of carbonyl (C=O) groups excluding carboxylic acids is 1. The van der Waals surface area contributed by atoms with Crippen LogP contribution in [-0.2, 0) is 4.79 Å². The van der Waals surface area contributed by atoms with E-state index in [1.54, 1.807) is 0 Å². The Hall–Kier alpha value is -1.30. The molecule has 0 radical (unpaired) electrons. The van der Waals surface area contributed by atoms with Crippen molar-refractivity contribution in [2.75, 3.05) is 19.6 Å². The van der Waals surface area contributed by atoms with Gasteiger partial charge in [-0.15, -0.1) is 0 Å². The zero-order chi connectivity index (χ0) is 13.9. The van der Waals surface area contributed by atoms with Crippen LogP contribution in [0.4, 0.5) is 0 Å². The molecule has 0 bridgehead atoms. The highest BCUT2D eigenvalue weighted by Crippen LogP contribution is 2.37. The van der Waals surface area contributed by atoms with E-state index >= 15 is 0 Å². The van der Waals surface area contributed by atoms with Crippen LogP contribution in [-0.4, -0.2) is 48.1 Å². The Balaban J connectivity index is 1.91. The molecule has 0 aromatic heterocycles. The summed E-state index contributed by atoms with van der Waals surface area (Å²) in [7, 11) is 0. The van der Waals surface area contributed by atoms with Crippen molar-refractivity contribution in [3.05, 3.63) is 10.4 Å². The van der Waals surface area contributed by atoms with E-state index in [1.807, 2.05) is 0 Å². The largest absolute Gasteiger partial charge is 0.368 e. The molecule has 1 saturated carbocycles. The van der Waals surface area contributed by atoms with Crippen LogP contribution in [0, 0.1) is 0 Å². The zero-order valence-electron chi connectivity index (χ0n) is 11.4. The highest BCUT2D eigenvalue weighted by molar-refractivity contribution is 5.85. The van der Waals surface area contributed by atoms with Gasteiger partial charge in [0.25, 0.3) is 0 Å². The van der Waals surface area contributed by atoms with E-state index in [-0.39, 0.29) is 5.91 Å². The maximum absolute atomic E-state index is 11.8. The molecule has 1 aliphatic heterocycles. The Kier molecular flexibility index (Phi) is 4.29. The normalized spacial score (nSPS) is 31.1. The van der Waals surface area contributed by atoms with E-state index in [9.17, 15) is 4.79 Å². The Morgan fingerprint density at radius 1 is 1.63 bits per heavy atom. The van der Waals surface area contributed by atoms with E-state index in [4.69, 9.17) is 11.3 Å². The van der Waals surface area contributed by atoms with E-state index in [0.29, 0.717) is 31.7 Å². The number of hydrogen-bond donors (Lipinski definition) is 2. The lowest BCUT2D eigenvalue weighted by atomic mass is 9.95. The lowest BCUT2D eigenvalue weighted by molar-refractivity contribution is -0.124. The molecule has 0 spiro atoms. The molecule has 3 N–H and O–H groups in total. The zero-order valence-corrected chi connectivity index (χ0v) is 11.4. The number of nitrogens with two attached hydrogens (primary N) is 1. The predicted molar refractivity (Wildman–Crippen MR) is 72.4 cm³/mol. The first-order valence-electron chi connectivity index (χ1n) is 6.90. The molecule has 1 amide bonds. The molecule has 2 unspecified atom stereocenters. The van der Waals surface area contributed by atoms with Crippen LogP contribution in [0.15, 0.2) is 5.11 Å². The number of hydrogen-bond acceptors (Lipinski definition) is 4. The van der Waals surface area contributed by atoms with Gasteiger partial charge in [-0.05, 0) is 44.7 Å². The first kappa shape index (κ1) is 14.1. The Bertz CT molecular complexity index is 390. The molecule has 1 saturated heterocycles. The average molecular weight is 266 g/mol. The van der Waals surface area contributed by atoms with E-state index in [1.165, 1.54) is 12.8 Å². The van der Waals surface area contributed by atoms with Gasteiger partial charge in [0, 0.05) is 30.1 Å². The summed E-state index contributed by atoms with van der Waals surface area (Å²) in [6.07, 6.45) is 3.95. The van der Waals surface area contributed by atoms with Crippen molar-refractivity contribution in [1.29, 1.82) is 0 Å². The maximum Gasteiger partial charge on any atom is 0.239 e. The monoisotopic (exact) mass is 266 g/mol.